The van der Waals surface area contributed by atoms with Crippen molar-refractivity contribution in [1.29, 1.82) is 0 Å². The van der Waals surface area contributed by atoms with Gasteiger partial charge in [-0.3, -0.25) is 0 Å². The Morgan fingerprint density at radius 3 is 2.19 bits per heavy atom. The van der Waals surface area contributed by atoms with E-state index in [1.165, 1.54) is 20.2 Å². The Hall–Kier alpha value is -3.11. The number of nitrogens with zero attached hydrogens (tertiary/aromatic N) is 3. The van der Waals surface area contributed by atoms with Gasteiger partial charge in [0.2, 0.25) is 0 Å². The molecule has 3 nitrogen and oxygen atoms in total. The average Bonchev–Trinajstić information content (AvgIpc) is 3.12. The summed E-state index contributed by atoms with van der Waals surface area (Å²) in [6.45, 7) is 2.07. The van der Waals surface area contributed by atoms with Crippen LogP contribution in [-0.4, -0.2) is 15.0 Å². The molecule has 5 aromatic rings. The first-order chi connectivity index (χ1) is 13.3. The highest BCUT2D eigenvalue weighted by molar-refractivity contribution is 7.25. The van der Waals surface area contributed by atoms with E-state index in [-0.39, 0.29) is 0 Å². The maximum Gasteiger partial charge on any atom is 0.163 e. The highest BCUT2D eigenvalue weighted by Crippen LogP contribution is 2.35. The maximum absolute atomic E-state index is 4.77. The highest BCUT2D eigenvalue weighted by Gasteiger charge is 2.12. The molecule has 0 fully saturated rings. The van der Waals surface area contributed by atoms with E-state index in [9.17, 15) is 0 Å². The monoisotopic (exact) mass is 367 g/mol. The molecule has 0 aliphatic rings. The summed E-state index contributed by atoms with van der Waals surface area (Å²) in [7, 11) is 0. The molecule has 0 unspecified atom stereocenters. The second-order valence-electron chi connectivity index (χ2n) is 6.43. The minimum atomic E-state index is 0.729. The van der Waals surface area contributed by atoms with Crippen LogP contribution >= 0.6 is 11.3 Å². The zero-order chi connectivity index (χ0) is 18.2. The van der Waals surface area contributed by atoms with Crippen molar-refractivity contribution in [2.24, 2.45) is 0 Å². The van der Waals surface area contributed by atoms with E-state index < -0.39 is 0 Å². The van der Waals surface area contributed by atoms with Gasteiger partial charge in [-0.15, -0.1) is 11.3 Å². The average molecular weight is 367 g/mol. The van der Waals surface area contributed by atoms with Crippen molar-refractivity contribution in [3.05, 3.63) is 78.6 Å². The molecule has 0 saturated heterocycles. The van der Waals surface area contributed by atoms with Gasteiger partial charge in [-0.25, -0.2) is 15.0 Å². The van der Waals surface area contributed by atoms with Crippen molar-refractivity contribution >= 4 is 31.5 Å². The van der Waals surface area contributed by atoms with E-state index in [0.29, 0.717) is 0 Å². The molecule has 0 saturated carbocycles. The number of thiophene rings is 1. The second-order valence-corrected chi connectivity index (χ2v) is 7.51. The summed E-state index contributed by atoms with van der Waals surface area (Å²) >= 11 is 1.82. The fourth-order valence-corrected chi connectivity index (χ4v) is 4.37. The zero-order valence-corrected chi connectivity index (χ0v) is 15.7. The van der Waals surface area contributed by atoms with Crippen molar-refractivity contribution < 1.29 is 0 Å². The molecule has 3 aromatic carbocycles. The number of rotatable bonds is 3. The fourth-order valence-electron chi connectivity index (χ4n) is 3.29. The first-order valence-electron chi connectivity index (χ1n) is 9.04. The van der Waals surface area contributed by atoms with Crippen LogP contribution in [0.2, 0.25) is 0 Å². The third-order valence-electron chi connectivity index (χ3n) is 4.66. The third-order valence-corrected chi connectivity index (χ3v) is 5.82. The molecule has 2 heterocycles. The Morgan fingerprint density at radius 1 is 0.667 bits per heavy atom. The van der Waals surface area contributed by atoms with Crippen LogP contribution in [0.5, 0.6) is 0 Å². The van der Waals surface area contributed by atoms with E-state index in [1.54, 1.807) is 0 Å². The predicted octanol–water partition coefficient (Wildman–Crippen LogP) is 6.14. The molecular formula is C23H17N3S. The van der Waals surface area contributed by atoms with Gasteiger partial charge in [0.1, 0.15) is 5.82 Å². The van der Waals surface area contributed by atoms with Crippen molar-refractivity contribution in [2.75, 3.05) is 0 Å². The lowest BCUT2D eigenvalue weighted by Crippen LogP contribution is -2.01. The lowest BCUT2D eigenvalue weighted by Gasteiger charge is -2.07. The normalized spacial score (nSPS) is 11.3. The van der Waals surface area contributed by atoms with Crippen molar-refractivity contribution in [3.8, 4) is 22.8 Å². The number of aromatic nitrogens is 3. The van der Waals surface area contributed by atoms with Crippen molar-refractivity contribution in [1.82, 2.24) is 15.0 Å². The van der Waals surface area contributed by atoms with Gasteiger partial charge in [0, 0.05) is 37.7 Å². The molecule has 5 rings (SSSR count). The van der Waals surface area contributed by atoms with Crippen LogP contribution in [0, 0.1) is 0 Å². The summed E-state index contributed by atoms with van der Waals surface area (Å²) in [4.78, 5) is 14.1. The first-order valence-corrected chi connectivity index (χ1v) is 9.85. The van der Waals surface area contributed by atoms with Crippen LogP contribution in [0.4, 0.5) is 0 Å². The summed E-state index contributed by atoms with van der Waals surface area (Å²) in [5, 5.41) is 2.54. The summed E-state index contributed by atoms with van der Waals surface area (Å²) < 4.78 is 2.59. The Morgan fingerprint density at radius 2 is 1.37 bits per heavy atom. The number of hydrogen-bond donors (Lipinski definition) is 0. The quantitative estimate of drug-likeness (QED) is 0.385. The third kappa shape index (κ3) is 2.88. The lowest BCUT2D eigenvalue weighted by atomic mass is 10.1. The topological polar surface area (TPSA) is 38.7 Å². The predicted molar refractivity (Wildman–Crippen MR) is 113 cm³/mol. The van der Waals surface area contributed by atoms with Gasteiger partial charge < -0.3 is 0 Å². The molecule has 0 radical (unpaired) electrons. The maximum atomic E-state index is 4.77. The van der Waals surface area contributed by atoms with Crippen LogP contribution in [0.25, 0.3) is 42.9 Å². The molecule has 130 valence electrons. The standard InChI is InChI=1S/C23H17N3S/c1-2-21-24-22(15-8-4-3-5-9-15)26-23(25-21)16-12-13-20-18(14-16)17-10-6-7-11-19(17)27-20/h3-14H,2H2,1H3. The molecule has 0 spiro atoms. The van der Waals surface area contributed by atoms with Gasteiger partial charge >= 0.3 is 0 Å². The summed E-state index contributed by atoms with van der Waals surface area (Å²) in [5.41, 5.74) is 2.04. The van der Waals surface area contributed by atoms with Crippen LogP contribution in [0.3, 0.4) is 0 Å². The van der Waals surface area contributed by atoms with E-state index in [1.807, 2.05) is 41.7 Å². The van der Waals surface area contributed by atoms with Gasteiger partial charge in [0.15, 0.2) is 11.6 Å². The highest BCUT2D eigenvalue weighted by atomic mass is 32.1. The smallest absolute Gasteiger partial charge is 0.163 e. The van der Waals surface area contributed by atoms with Gasteiger partial charge in [-0.05, 0) is 24.3 Å². The van der Waals surface area contributed by atoms with Crippen LogP contribution in [-0.2, 0) is 6.42 Å². The number of fused-ring (bicyclic) bond motifs is 3. The minimum absolute atomic E-state index is 0.729. The summed E-state index contributed by atoms with van der Waals surface area (Å²) in [6, 6.07) is 25.1. The van der Waals surface area contributed by atoms with E-state index in [4.69, 9.17) is 9.97 Å². The Bertz CT molecular complexity index is 1260. The van der Waals surface area contributed by atoms with E-state index >= 15 is 0 Å². The number of hydrogen-bond acceptors (Lipinski definition) is 4. The van der Waals surface area contributed by atoms with Crippen molar-refractivity contribution in [3.63, 3.8) is 0 Å². The van der Waals surface area contributed by atoms with Gasteiger partial charge in [-0.1, -0.05) is 55.5 Å². The lowest BCUT2D eigenvalue weighted by molar-refractivity contribution is 0.910. The number of aryl methyl sites for hydroxylation is 1. The molecule has 0 bridgehead atoms. The fraction of sp³-hybridized carbons (Fsp3) is 0.0870. The molecule has 2 aromatic heterocycles. The van der Waals surface area contributed by atoms with E-state index in [2.05, 4.69) is 54.4 Å². The first kappa shape index (κ1) is 16.1. The Labute approximate surface area is 161 Å². The molecule has 0 aliphatic heterocycles. The second kappa shape index (κ2) is 6.56. The molecule has 0 N–H and O–H groups in total. The molecule has 4 heteroatoms. The number of benzene rings is 3. The molecular weight excluding hydrogens is 350 g/mol. The zero-order valence-electron chi connectivity index (χ0n) is 14.9. The molecule has 0 aliphatic carbocycles. The summed E-state index contributed by atoms with van der Waals surface area (Å²) in [6.07, 6.45) is 0.777. The molecule has 0 atom stereocenters. The van der Waals surface area contributed by atoms with Crippen molar-refractivity contribution in [2.45, 2.75) is 13.3 Å². The van der Waals surface area contributed by atoms with Gasteiger partial charge in [-0.2, -0.15) is 0 Å². The minimum Gasteiger partial charge on any atom is -0.213 e. The largest absolute Gasteiger partial charge is 0.213 e. The van der Waals surface area contributed by atoms with Gasteiger partial charge in [0.25, 0.3) is 0 Å². The van der Waals surface area contributed by atoms with Crippen LogP contribution in [0.15, 0.2) is 72.8 Å². The van der Waals surface area contributed by atoms with Crippen LogP contribution < -0.4 is 0 Å². The Balaban J connectivity index is 1.70. The van der Waals surface area contributed by atoms with Crippen LogP contribution in [0.1, 0.15) is 12.7 Å². The Kier molecular flexibility index (Phi) is 3.91. The molecule has 0 amide bonds. The van der Waals surface area contributed by atoms with Gasteiger partial charge in [0.05, 0.1) is 0 Å². The van der Waals surface area contributed by atoms with E-state index in [0.717, 1.165) is 35.0 Å². The summed E-state index contributed by atoms with van der Waals surface area (Å²) in [5.74, 6) is 2.28. The SMILES string of the molecule is CCc1nc(-c2ccccc2)nc(-c2ccc3sc4ccccc4c3c2)n1. The molecule has 27 heavy (non-hydrogen) atoms.